The van der Waals surface area contributed by atoms with Crippen LogP contribution in [-0.4, -0.2) is 232 Å². The van der Waals surface area contributed by atoms with Crippen LogP contribution in [0.5, 0.6) is 5.75 Å². The molecule has 0 spiro atoms. The van der Waals surface area contributed by atoms with E-state index in [1.807, 2.05) is 0 Å². The smallest absolute Gasteiger partial charge is 0.305 e. The third kappa shape index (κ3) is 34.5. The zero-order valence-corrected chi connectivity index (χ0v) is 64.1. The van der Waals surface area contributed by atoms with Crippen molar-refractivity contribution in [2.24, 2.45) is 17.4 Å². The maximum Gasteiger partial charge on any atom is 0.305 e. The Labute approximate surface area is 663 Å². The van der Waals surface area contributed by atoms with Gasteiger partial charge in [-0.2, -0.15) is 0 Å². The third-order valence-corrected chi connectivity index (χ3v) is 17.8. The van der Waals surface area contributed by atoms with Crippen LogP contribution in [0.1, 0.15) is 141 Å². The number of aromatic hydroxyl groups is 1. The van der Waals surface area contributed by atoms with Crippen molar-refractivity contribution in [3.05, 3.63) is 102 Å². The lowest BCUT2D eigenvalue weighted by Gasteiger charge is -2.27. The van der Waals surface area contributed by atoms with Crippen molar-refractivity contribution < 1.29 is 127 Å². The normalized spacial score (nSPS) is 14.1. The van der Waals surface area contributed by atoms with Crippen LogP contribution in [0.4, 0.5) is 0 Å². The number of carboxylic acids is 6. The highest BCUT2D eigenvalue weighted by molar-refractivity contribution is 6.01. The number of para-hydroxylation sites is 1. The van der Waals surface area contributed by atoms with Crippen LogP contribution >= 0.6 is 0 Å². The number of primary amides is 1. The van der Waals surface area contributed by atoms with E-state index in [-0.39, 0.29) is 43.8 Å². The number of carboxylic acid groups (broad SMARTS) is 6. The minimum absolute atomic E-state index is 0.0824. The molecule has 41 nitrogen and oxygen atoms in total. The molecule has 4 rings (SSSR count). The third-order valence-electron chi connectivity index (χ3n) is 17.8. The highest BCUT2D eigenvalue weighted by Gasteiger charge is 2.38. The Morgan fingerprint density at radius 3 is 1.20 bits per heavy atom. The Hall–Kier alpha value is -13.1. The summed E-state index contributed by atoms with van der Waals surface area (Å²) in [5, 5.41) is 96.5. The summed E-state index contributed by atoms with van der Waals surface area (Å²) in [5.41, 5.74) is 13.6. The van der Waals surface area contributed by atoms with Crippen LogP contribution in [0.3, 0.4) is 0 Å². The van der Waals surface area contributed by atoms with Crippen molar-refractivity contribution in [1.82, 2.24) is 68.8 Å². The van der Waals surface area contributed by atoms with E-state index >= 15 is 0 Å². The molecule has 0 radical (unpaired) electrons. The Morgan fingerprint density at radius 2 is 0.759 bits per heavy atom. The fourth-order valence-corrected chi connectivity index (χ4v) is 11.6. The standard InChI is InChI=1S/C75H101N15O26/c1-5-6-15-47(69(110)90-56(35-63(103)104)75(116)88-53(64(77)105)32-40-12-8-7-9-13-40)83-74(115)55(34-42-36-78-46-16-11-10-14-44(42)46)81-57(92)37-79-67(108)54(33-41-17-19-43(91)20-18-41)89-65(106)39(4)80-68(109)48(21-26-58(93)94)84-71(112)50(23-28-60(97)98)86-73(114)52(25-30-62(101)102)87-72(113)51(24-29-61(99)100)85-70(111)49(22-27-59(95)96)82-66(107)45(76)31-38(2)3/h7-14,16-20,36,38-39,45,47-56,78,91H,5-6,15,21-35,37,76H2,1-4H3,(H2,77,105)(H,79,108)(H,80,109)(H,81,92)(H,82,107)(H,83,115)(H,84,112)(H,85,111)(H,86,114)(H,87,113)(H,88,116)(H,89,106)(H,90,110)(H,93,94)(H,95,96)(H,97,98)(H,99,100)(H,101,102)(H,103,104)/t39-,45-,47-,48-,49-,50-,51-,52-,53-,54-,55-,56-/m0/s1. The minimum atomic E-state index is -2.04. The molecule has 632 valence electrons. The van der Waals surface area contributed by atoms with E-state index in [9.17, 15) is 127 Å². The summed E-state index contributed by atoms with van der Waals surface area (Å²) in [6.07, 6.45) is -7.35. The molecule has 0 aliphatic carbocycles. The number of hydrogen-bond acceptors (Lipinski definition) is 21. The van der Waals surface area contributed by atoms with Crippen LogP contribution in [-0.2, 0) is 110 Å². The molecule has 0 fully saturated rings. The lowest BCUT2D eigenvalue weighted by atomic mass is 10.0. The number of unbranched alkanes of at least 4 members (excludes halogenated alkanes) is 1. The number of H-pyrrole nitrogens is 1. The summed E-state index contributed by atoms with van der Waals surface area (Å²) in [6, 6.07) is 0.0684. The molecule has 0 saturated carbocycles. The number of benzene rings is 3. The molecule has 116 heavy (non-hydrogen) atoms. The van der Waals surface area contributed by atoms with Gasteiger partial charge in [0.15, 0.2) is 0 Å². The summed E-state index contributed by atoms with van der Waals surface area (Å²) in [7, 11) is 0. The van der Waals surface area contributed by atoms with E-state index < -0.39 is 269 Å². The van der Waals surface area contributed by atoms with Crippen molar-refractivity contribution in [3.8, 4) is 5.75 Å². The number of rotatable bonds is 53. The van der Waals surface area contributed by atoms with Crippen LogP contribution in [0.25, 0.3) is 10.9 Å². The van der Waals surface area contributed by atoms with Crippen molar-refractivity contribution >= 4 is 124 Å². The zero-order valence-electron chi connectivity index (χ0n) is 64.1. The van der Waals surface area contributed by atoms with Crippen LogP contribution in [0, 0.1) is 5.92 Å². The molecule has 1 aromatic heterocycles. The highest BCUT2D eigenvalue weighted by atomic mass is 16.4. The van der Waals surface area contributed by atoms with Gasteiger partial charge in [-0.1, -0.05) is 94.3 Å². The molecule has 0 saturated heterocycles. The van der Waals surface area contributed by atoms with Crippen LogP contribution < -0.4 is 75.3 Å². The van der Waals surface area contributed by atoms with Crippen LogP contribution in [0.15, 0.2) is 85.1 Å². The van der Waals surface area contributed by atoms with Gasteiger partial charge in [0, 0.05) is 68.5 Å². The molecule has 24 N–H and O–H groups in total. The molecule has 13 amide bonds. The average Bonchev–Trinajstić information content (AvgIpc) is 1.66. The van der Waals surface area contributed by atoms with Gasteiger partial charge in [0.25, 0.3) is 0 Å². The largest absolute Gasteiger partial charge is 0.508 e. The van der Waals surface area contributed by atoms with E-state index in [0.717, 1.165) is 6.92 Å². The minimum Gasteiger partial charge on any atom is -0.508 e. The van der Waals surface area contributed by atoms with E-state index in [1.165, 1.54) is 24.3 Å². The number of nitrogens with one attached hydrogen (secondary N) is 13. The topological polar surface area (TPSA) is 678 Å². The number of aliphatic carboxylic acids is 6. The molecule has 0 unspecified atom stereocenters. The van der Waals surface area contributed by atoms with E-state index in [1.54, 1.807) is 81.6 Å². The number of aromatic nitrogens is 1. The molecule has 12 atom stereocenters. The Bertz CT molecular complexity index is 4160. The Morgan fingerprint density at radius 1 is 0.388 bits per heavy atom. The van der Waals surface area contributed by atoms with Gasteiger partial charge < -0.3 is 116 Å². The molecule has 0 aliphatic rings. The van der Waals surface area contributed by atoms with Gasteiger partial charge in [-0.25, -0.2) is 0 Å². The van der Waals surface area contributed by atoms with Gasteiger partial charge in [-0.3, -0.25) is 91.1 Å². The van der Waals surface area contributed by atoms with E-state index in [2.05, 4.69) is 68.8 Å². The molecule has 41 heteroatoms. The number of phenolic OH excluding ortho intramolecular Hbond substituents is 1. The second kappa shape index (κ2) is 48.1. The maximum atomic E-state index is 14.6. The zero-order chi connectivity index (χ0) is 86.5. The SMILES string of the molecule is CCCC[C@H](NC(=O)[C@H](Cc1c[nH]c2ccccc12)NC(=O)CNC(=O)[C@H](Cc1ccc(O)cc1)NC(=O)[C@H](C)NC(=O)[C@H](CCC(=O)O)NC(=O)[C@H](CCC(=O)O)NC(=O)[C@H](CCC(=O)O)NC(=O)[C@H](CCC(=O)O)NC(=O)[C@H](CCC(=O)O)NC(=O)[C@@H](N)CC(C)C)C(=O)N[C@@H](CC(=O)O)C(=O)N[C@@H](Cc1ccccc1)C(N)=O. The first-order valence-corrected chi connectivity index (χ1v) is 37.1. The number of carbonyl (C=O) groups is 19. The molecular weight excluding hydrogens is 1530 g/mol. The predicted molar refractivity (Wildman–Crippen MR) is 407 cm³/mol. The number of nitrogens with two attached hydrogens (primary N) is 2. The summed E-state index contributed by atoms with van der Waals surface area (Å²) in [4.78, 5) is 255. The fourth-order valence-electron chi connectivity index (χ4n) is 11.6. The summed E-state index contributed by atoms with van der Waals surface area (Å²) >= 11 is 0. The predicted octanol–water partition coefficient (Wildman–Crippen LogP) is -2.78. The monoisotopic (exact) mass is 1630 g/mol. The molecule has 4 aromatic rings. The van der Waals surface area contributed by atoms with Crippen molar-refractivity contribution in [3.63, 3.8) is 0 Å². The molecule has 3 aromatic carbocycles. The fraction of sp³-hybridized carbons (Fsp3) is 0.480. The summed E-state index contributed by atoms with van der Waals surface area (Å²) in [5.74, 6) is -24.3. The van der Waals surface area contributed by atoms with Gasteiger partial charge in [-0.05, 0) is 92.7 Å². The van der Waals surface area contributed by atoms with Gasteiger partial charge in [0.2, 0.25) is 76.8 Å². The van der Waals surface area contributed by atoms with Crippen molar-refractivity contribution in [2.45, 2.75) is 216 Å². The first-order chi connectivity index (χ1) is 54.7. The lowest BCUT2D eigenvalue weighted by molar-refractivity contribution is -0.141. The first kappa shape index (κ1) is 95.3. The first-order valence-electron chi connectivity index (χ1n) is 37.1. The number of phenols is 1. The average molecular weight is 1630 g/mol. The number of fused-ring (bicyclic) bond motifs is 1. The summed E-state index contributed by atoms with van der Waals surface area (Å²) in [6.45, 7) is 5.41. The number of carbonyl (C=O) groups excluding carboxylic acids is 13. The second-order valence-corrected chi connectivity index (χ2v) is 27.8. The highest BCUT2D eigenvalue weighted by Crippen LogP contribution is 2.21. The van der Waals surface area contributed by atoms with Gasteiger partial charge in [-0.15, -0.1) is 0 Å². The number of amides is 13. The van der Waals surface area contributed by atoms with Crippen molar-refractivity contribution in [1.29, 1.82) is 0 Å². The molecular formula is C75H101N15O26. The van der Waals surface area contributed by atoms with E-state index in [4.69, 9.17) is 11.5 Å². The Kier molecular flexibility index (Phi) is 39.5. The number of hydrogen-bond donors (Lipinski definition) is 22. The quantitative estimate of drug-likeness (QED) is 0.0213. The van der Waals surface area contributed by atoms with Crippen molar-refractivity contribution in [2.75, 3.05) is 6.54 Å². The molecule has 0 aliphatic heterocycles. The van der Waals surface area contributed by atoms with Gasteiger partial charge in [0.05, 0.1) is 19.0 Å². The lowest BCUT2D eigenvalue weighted by Crippen LogP contribution is -2.60. The van der Waals surface area contributed by atoms with E-state index in [0.29, 0.717) is 34.0 Å². The maximum absolute atomic E-state index is 14.6. The molecule has 0 bridgehead atoms. The van der Waals surface area contributed by atoms with Gasteiger partial charge >= 0.3 is 35.8 Å². The van der Waals surface area contributed by atoms with Gasteiger partial charge in [0.1, 0.15) is 72.2 Å². The molecule has 1 heterocycles. The summed E-state index contributed by atoms with van der Waals surface area (Å²) < 4.78 is 0. The Balaban J connectivity index is 1.59. The van der Waals surface area contributed by atoms with Crippen LogP contribution in [0.2, 0.25) is 0 Å². The second-order valence-electron chi connectivity index (χ2n) is 27.8. The number of aromatic amines is 1.